The number of nitrogens with zero attached hydrogens (tertiary/aromatic N) is 1. The van der Waals surface area contributed by atoms with E-state index >= 15 is 0 Å². The number of anilines is 1. The highest BCUT2D eigenvalue weighted by Crippen LogP contribution is 2.16. The van der Waals surface area contributed by atoms with E-state index in [1.165, 1.54) is 11.3 Å². The summed E-state index contributed by atoms with van der Waals surface area (Å²) in [5.74, 6) is -2.37. The number of aryl methyl sites for hydroxylation is 1. The SMILES string of the molecule is Cc1csc(NC(CC(=O)O)C(=O)O)n1. The molecule has 6 nitrogen and oxygen atoms in total. The summed E-state index contributed by atoms with van der Waals surface area (Å²) >= 11 is 1.24. The summed E-state index contributed by atoms with van der Waals surface area (Å²) in [7, 11) is 0. The maximum Gasteiger partial charge on any atom is 0.326 e. The van der Waals surface area contributed by atoms with Crippen molar-refractivity contribution in [3.63, 3.8) is 0 Å². The Kier molecular flexibility index (Phi) is 3.62. The largest absolute Gasteiger partial charge is 0.481 e. The van der Waals surface area contributed by atoms with Gasteiger partial charge >= 0.3 is 11.9 Å². The fraction of sp³-hybridized carbons (Fsp3) is 0.375. The fourth-order valence-corrected chi connectivity index (χ4v) is 1.69. The second kappa shape index (κ2) is 4.74. The van der Waals surface area contributed by atoms with Crippen LogP contribution in [0.1, 0.15) is 12.1 Å². The molecular formula is C8H10N2O4S. The Morgan fingerprint density at radius 1 is 1.60 bits per heavy atom. The Labute approximate surface area is 89.6 Å². The number of aromatic nitrogens is 1. The summed E-state index contributed by atoms with van der Waals surface area (Å²) < 4.78 is 0. The van der Waals surface area contributed by atoms with Gasteiger partial charge in [0.05, 0.1) is 12.1 Å². The van der Waals surface area contributed by atoms with Gasteiger partial charge in [-0.25, -0.2) is 9.78 Å². The van der Waals surface area contributed by atoms with Crippen LogP contribution < -0.4 is 5.32 Å². The van der Waals surface area contributed by atoms with Crippen molar-refractivity contribution in [1.29, 1.82) is 0 Å². The molecule has 1 aromatic rings. The number of thiazole rings is 1. The fourth-order valence-electron chi connectivity index (χ4n) is 0.944. The van der Waals surface area contributed by atoms with Gasteiger partial charge in [0.2, 0.25) is 0 Å². The lowest BCUT2D eigenvalue weighted by Gasteiger charge is -2.10. The standard InChI is InChI=1S/C8H10N2O4S/c1-4-3-15-8(9-4)10-5(7(13)14)2-6(11)12/h3,5H,2H2,1H3,(H,9,10)(H,11,12)(H,13,14). The molecule has 0 bridgehead atoms. The van der Waals surface area contributed by atoms with E-state index in [0.717, 1.165) is 5.69 Å². The highest BCUT2D eigenvalue weighted by molar-refractivity contribution is 7.13. The van der Waals surface area contributed by atoms with Crippen LogP contribution in [0, 0.1) is 6.92 Å². The minimum absolute atomic E-state index is 0.418. The second-order valence-electron chi connectivity index (χ2n) is 2.93. The Balaban J connectivity index is 2.66. The van der Waals surface area contributed by atoms with Gasteiger partial charge in [0, 0.05) is 5.38 Å². The monoisotopic (exact) mass is 230 g/mol. The predicted octanol–water partition coefficient (Wildman–Crippen LogP) is 0.791. The quantitative estimate of drug-likeness (QED) is 0.691. The maximum atomic E-state index is 10.7. The Morgan fingerprint density at radius 3 is 2.67 bits per heavy atom. The molecule has 1 atom stereocenters. The smallest absolute Gasteiger partial charge is 0.326 e. The maximum absolute atomic E-state index is 10.7. The average molecular weight is 230 g/mol. The number of aliphatic carboxylic acids is 2. The van der Waals surface area contributed by atoms with Crippen LogP contribution in [0.3, 0.4) is 0 Å². The topological polar surface area (TPSA) is 99.5 Å². The summed E-state index contributed by atoms with van der Waals surface area (Å²) in [5, 5.41) is 22.0. The molecule has 82 valence electrons. The lowest BCUT2D eigenvalue weighted by Crippen LogP contribution is -2.31. The molecule has 0 aliphatic heterocycles. The number of nitrogens with one attached hydrogen (secondary N) is 1. The highest BCUT2D eigenvalue weighted by atomic mass is 32.1. The summed E-state index contributed by atoms with van der Waals surface area (Å²) in [6.07, 6.45) is -0.478. The molecule has 0 aliphatic carbocycles. The molecule has 0 spiro atoms. The molecule has 0 saturated heterocycles. The van der Waals surface area contributed by atoms with Gasteiger partial charge in [-0.3, -0.25) is 4.79 Å². The van der Waals surface area contributed by atoms with Gasteiger partial charge in [0.25, 0.3) is 0 Å². The van der Waals surface area contributed by atoms with E-state index in [0.29, 0.717) is 5.13 Å². The van der Waals surface area contributed by atoms with E-state index in [1.807, 2.05) is 0 Å². The van der Waals surface area contributed by atoms with Crippen LogP contribution in [-0.2, 0) is 9.59 Å². The van der Waals surface area contributed by atoms with Crippen molar-refractivity contribution in [2.75, 3.05) is 5.32 Å². The minimum atomic E-state index is -1.20. The number of hydrogen-bond donors (Lipinski definition) is 3. The molecule has 0 aliphatic rings. The molecule has 1 unspecified atom stereocenters. The number of hydrogen-bond acceptors (Lipinski definition) is 5. The second-order valence-corrected chi connectivity index (χ2v) is 3.79. The first-order valence-corrected chi connectivity index (χ1v) is 5.00. The third-order valence-corrected chi connectivity index (χ3v) is 2.48. The van der Waals surface area contributed by atoms with E-state index in [-0.39, 0.29) is 0 Å². The molecule has 15 heavy (non-hydrogen) atoms. The van der Waals surface area contributed by atoms with E-state index < -0.39 is 24.4 Å². The zero-order valence-corrected chi connectivity index (χ0v) is 8.74. The normalized spacial score (nSPS) is 12.1. The van der Waals surface area contributed by atoms with Gasteiger partial charge in [0.1, 0.15) is 6.04 Å². The molecular weight excluding hydrogens is 220 g/mol. The number of carbonyl (C=O) groups is 2. The minimum Gasteiger partial charge on any atom is -0.481 e. The molecule has 1 aromatic heterocycles. The molecule has 0 aromatic carbocycles. The average Bonchev–Trinajstić information content (AvgIpc) is 2.49. The Hall–Kier alpha value is -1.63. The number of rotatable bonds is 5. The van der Waals surface area contributed by atoms with Crippen LogP contribution in [-0.4, -0.2) is 33.2 Å². The van der Waals surface area contributed by atoms with E-state index in [9.17, 15) is 9.59 Å². The van der Waals surface area contributed by atoms with Crippen LogP contribution in [0.15, 0.2) is 5.38 Å². The third-order valence-electron chi connectivity index (χ3n) is 1.59. The first kappa shape index (κ1) is 11.4. The van der Waals surface area contributed by atoms with Crippen molar-refractivity contribution in [3.8, 4) is 0 Å². The van der Waals surface area contributed by atoms with Gasteiger partial charge in [-0.05, 0) is 6.92 Å². The summed E-state index contributed by atoms with van der Waals surface area (Å²) in [4.78, 5) is 25.1. The van der Waals surface area contributed by atoms with E-state index in [2.05, 4.69) is 10.3 Å². The van der Waals surface area contributed by atoms with Crippen LogP contribution in [0.5, 0.6) is 0 Å². The van der Waals surface area contributed by atoms with Crippen LogP contribution >= 0.6 is 11.3 Å². The highest BCUT2D eigenvalue weighted by Gasteiger charge is 2.21. The van der Waals surface area contributed by atoms with Gasteiger partial charge in [-0.1, -0.05) is 0 Å². The molecule has 0 amide bonds. The molecule has 0 saturated carbocycles. The number of carboxylic acids is 2. The first-order chi connectivity index (χ1) is 6.99. The van der Waals surface area contributed by atoms with Crippen LogP contribution in [0.25, 0.3) is 0 Å². The molecule has 3 N–H and O–H groups in total. The first-order valence-electron chi connectivity index (χ1n) is 4.12. The molecule has 1 heterocycles. The Morgan fingerprint density at radius 2 is 2.27 bits per heavy atom. The van der Waals surface area contributed by atoms with Crippen molar-refractivity contribution >= 4 is 28.4 Å². The van der Waals surface area contributed by atoms with E-state index in [1.54, 1.807) is 12.3 Å². The van der Waals surface area contributed by atoms with Gasteiger partial charge in [0.15, 0.2) is 5.13 Å². The summed E-state index contributed by atoms with van der Waals surface area (Å²) in [6.45, 7) is 1.77. The molecule has 0 radical (unpaired) electrons. The number of carboxylic acid groups (broad SMARTS) is 2. The molecule has 7 heteroatoms. The Bertz CT molecular complexity index is 376. The summed E-state index contributed by atoms with van der Waals surface area (Å²) in [5.41, 5.74) is 0.766. The zero-order chi connectivity index (χ0) is 11.4. The lowest BCUT2D eigenvalue weighted by atomic mass is 10.2. The van der Waals surface area contributed by atoms with Crippen LogP contribution in [0.2, 0.25) is 0 Å². The zero-order valence-electron chi connectivity index (χ0n) is 7.93. The van der Waals surface area contributed by atoms with Gasteiger partial charge in [-0.2, -0.15) is 0 Å². The van der Waals surface area contributed by atoms with E-state index in [4.69, 9.17) is 10.2 Å². The van der Waals surface area contributed by atoms with Crippen molar-refractivity contribution in [3.05, 3.63) is 11.1 Å². The third kappa shape index (κ3) is 3.55. The predicted molar refractivity (Wildman–Crippen MR) is 54.2 cm³/mol. The molecule has 0 fully saturated rings. The van der Waals surface area contributed by atoms with Gasteiger partial charge < -0.3 is 15.5 Å². The van der Waals surface area contributed by atoms with Crippen LogP contribution in [0.4, 0.5) is 5.13 Å². The van der Waals surface area contributed by atoms with Gasteiger partial charge in [-0.15, -0.1) is 11.3 Å². The van der Waals surface area contributed by atoms with Crippen molar-refractivity contribution in [2.24, 2.45) is 0 Å². The lowest BCUT2D eigenvalue weighted by molar-refractivity contribution is -0.144. The summed E-state index contributed by atoms with van der Waals surface area (Å²) in [6, 6.07) is -1.15. The van der Waals surface area contributed by atoms with Crippen molar-refractivity contribution in [2.45, 2.75) is 19.4 Å². The molecule has 1 rings (SSSR count). The van der Waals surface area contributed by atoms with Crippen molar-refractivity contribution in [1.82, 2.24) is 4.98 Å². The van der Waals surface area contributed by atoms with Crippen molar-refractivity contribution < 1.29 is 19.8 Å².